The summed E-state index contributed by atoms with van der Waals surface area (Å²) in [6, 6.07) is 14.3. The number of benzene rings is 1. The van der Waals surface area contributed by atoms with Gasteiger partial charge in [-0.2, -0.15) is 16.6 Å². The van der Waals surface area contributed by atoms with E-state index in [2.05, 4.69) is 41.2 Å². The van der Waals surface area contributed by atoms with E-state index in [4.69, 9.17) is 17.0 Å². The first-order valence-corrected chi connectivity index (χ1v) is 9.55. The van der Waals surface area contributed by atoms with Gasteiger partial charge in [0.05, 0.1) is 6.61 Å². The molecule has 1 aliphatic heterocycles. The lowest BCUT2D eigenvalue weighted by Gasteiger charge is -2.29. The fourth-order valence-electron chi connectivity index (χ4n) is 3.37. The van der Waals surface area contributed by atoms with Gasteiger partial charge in [0.2, 0.25) is 0 Å². The van der Waals surface area contributed by atoms with E-state index in [1.54, 1.807) is 11.3 Å². The topological polar surface area (TPSA) is 50.0 Å². The molecule has 2 aromatic heterocycles. The third kappa shape index (κ3) is 2.65. The maximum atomic E-state index is 9.23. The Balaban J connectivity index is 1.91. The van der Waals surface area contributed by atoms with Crippen LogP contribution >= 0.6 is 23.6 Å². The van der Waals surface area contributed by atoms with E-state index < -0.39 is 5.60 Å². The monoisotopic (exact) mass is 379 g/mol. The number of nitrogens with zero attached hydrogens (tertiary/aromatic N) is 2. The Bertz CT molecular complexity index is 1030. The SMILES string of the molecule is Cn1c(C#N)ccc1-c1ccc2c(c1)C(C)(c1ccsc1)OCC(=S)N2. The van der Waals surface area contributed by atoms with Gasteiger partial charge in [-0.1, -0.05) is 18.3 Å². The van der Waals surface area contributed by atoms with Crippen molar-refractivity contribution in [3.05, 3.63) is 64.0 Å². The average Bonchev–Trinajstić information content (AvgIpc) is 3.28. The van der Waals surface area contributed by atoms with Gasteiger partial charge in [-0.25, -0.2) is 0 Å². The van der Waals surface area contributed by atoms with Crippen molar-refractivity contribution in [1.82, 2.24) is 4.57 Å². The highest BCUT2D eigenvalue weighted by Gasteiger charge is 2.35. The third-order valence-corrected chi connectivity index (χ3v) is 5.81. The highest BCUT2D eigenvalue weighted by molar-refractivity contribution is 7.80. The molecule has 130 valence electrons. The Kier molecular flexibility index (Phi) is 4.16. The first-order valence-electron chi connectivity index (χ1n) is 8.20. The van der Waals surface area contributed by atoms with E-state index in [0.29, 0.717) is 17.3 Å². The zero-order valence-electron chi connectivity index (χ0n) is 14.4. The number of ether oxygens (including phenoxy) is 1. The van der Waals surface area contributed by atoms with Crippen LogP contribution in [0.15, 0.2) is 47.2 Å². The Labute approximate surface area is 161 Å². The van der Waals surface area contributed by atoms with Crippen LogP contribution in [-0.2, 0) is 17.4 Å². The van der Waals surface area contributed by atoms with Crippen molar-refractivity contribution in [3.8, 4) is 17.3 Å². The predicted octanol–water partition coefficient (Wildman–Crippen LogP) is 4.66. The zero-order valence-corrected chi connectivity index (χ0v) is 16.1. The molecule has 1 unspecified atom stereocenters. The lowest BCUT2D eigenvalue weighted by atomic mass is 9.87. The minimum atomic E-state index is -0.595. The van der Waals surface area contributed by atoms with Crippen molar-refractivity contribution in [2.45, 2.75) is 12.5 Å². The second kappa shape index (κ2) is 6.36. The van der Waals surface area contributed by atoms with Crippen LogP contribution in [0.4, 0.5) is 5.69 Å². The zero-order chi connectivity index (χ0) is 18.3. The minimum absolute atomic E-state index is 0.369. The first-order chi connectivity index (χ1) is 12.5. The molecule has 1 N–H and O–H groups in total. The molecule has 1 atom stereocenters. The lowest BCUT2D eigenvalue weighted by molar-refractivity contribution is 0.0237. The van der Waals surface area contributed by atoms with E-state index in [-0.39, 0.29) is 0 Å². The highest BCUT2D eigenvalue weighted by atomic mass is 32.1. The summed E-state index contributed by atoms with van der Waals surface area (Å²) in [5.74, 6) is 0. The van der Waals surface area contributed by atoms with Gasteiger partial charge in [0.15, 0.2) is 0 Å². The maximum Gasteiger partial charge on any atom is 0.120 e. The van der Waals surface area contributed by atoms with Crippen molar-refractivity contribution < 1.29 is 4.74 Å². The molecule has 26 heavy (non-hydrogen) atoms. The first kappa shape index (κ1) is 17.0. The number of nitrogens with one attached hydrogen (secondary N) is 1. The van der Waals surface area contributed by atoms with Crippen LogP contribution in [0, 0.1) is 11.3 Å². The maximum absolute atomic E-state index is 9.23. The average molecular weight is 380 g/mol. The summed E-state index contributed by atoms with van der Waals surface area (Å²) in [6.07, 6.45) is 0. The number of rotatable bonds is 2. The molecule has 0 radical (unpaired) electrons. The predicted molar refractivity (Wildman–Crippen MR) is 109 cm³/mol. The Hall–Kier alpha value is -2.46. The van der Waals surface area contributed by atoms with Gasteiger partial charge < -0.3 is 14.6 Å². The van der Waals surface area contributed by atoms with Crippen LogP contribution in [0.1, 0.15) is 23.7 Å². The number of aromatic nitrogens is 1. The van der Waals surface area contributed by atoms with Gasteiger partial charge in [-0.15, -0.1) is 0 Å². The number of thiophene rings is 1. The van der Waals surface area contributed by atoms with Crippen molar-refractivity contribution in [2.24, 2.45) is 7.05 Å². The Morgan fingerprint density at radius 3 is 2.85 bits per heavy atom. The molecule has 4 nitrogen and oxygen atoms in total. The summed E-state index contributed by atoms with van der Waals surface area (Å²) in [6.45, 7) is 2.45. The number of hydrogen-bond donors (Lipinski definition) is 1. The van der Waals surface area contributed by atoms with Crippen molar-refractivity contribution in [3.63, 3.8) is 0 Å². The van der Waals surface area contributed by atoms with Gasteiger partial charge >= 0.3 is 0 Å². The fraction of sp³-hybridized carbons (Fsp3) is 0.200. The minimum Gasteiger partial charge on any atom is -0.359 e. The molecule has 3 heterocycles. The van der Waals surface area contributed by atoms with E-state index in [0.717, 1.165) is 28.1 Å². The van der Waals surface area contributed by atoms with E-state index in [9.17, 15) is 5.26 Å². The molecule has 0 aliphatic carbocycles. The van der Waals surface area contributed by atoms with Gasteiger partial charge in [0.25, 0.3) is 0 Å². The number of thiocarbonyl (C=S) groups is 1. The molecular formula is C20H17N3OS2. The quantitative estimate of drug-likeness (QED) is 0.658. The number of nitriles is 1. The summed E-state index contributed by atoms with van der Waals surface area (Å²) in [5.41, 5.74) is 5.16. The second-order valence-corrected chi connectivity index (χ2v) is 7.69. The molecule has 0 saturated carbocycles. The standard InChI is InChI=1S/C20H17N3OS2/c1-20(14-7-8-26-12-14)16-9-13(18-6-4-15(10-21)23(18)2)3-5-17(16)22-19(25)11-24-20/h3-9,12H,11H2,1-2H3,(H,22,25). The molecule has 0 saturated heterocycles. The molecule has 0 amide bonds. The summed E-state index contributed by atoms with van der Waals surface area (Å²) < 4.78 is 8.17. The summed E-state index contributed by atoms with van der Waals surface area (Å²) in [5, 5.41) is 16.7. The van der Waals surface area contributed by atoms with E-state index in [1.807, 2.05) is 35.9 Å². The third-order valence-electron chi connectivity index (χ3n) is 4.90. The van der Waals surface area contributed by atoms with Crippen molar-refractivity contribution in [1.29, 1.82) is 5.26 Å². The van der Waals surface area contributed by atoms with Crippen LogP contribution in [0.3, 0.4) is 0 Å². The van der Waals surface area contributed by atoms with Crippen molar-refractivity contribution >= 4 is 34.2 Å². The van der Waals surface area contributed by atoms with E-state index >= 15 is 0 Å². The second-order valence-electron chi connectivity index (χ2n) is 6.42. The Morgan fingerprint density at radius 1 is 1.31 bits per heavy atom. The summed E-state index contributed by atoms with van der Waals surface area (Å²) in [7, 11) is 1.90. The van der Waals surface area contributed by atoms with Crippen LogP contribution in [0.2, 0.25) is 0 Å². The van der Waals surface area contributed by atoms with Gasteiger partial charge in [-0.3, -0.25) is 0 Å². The van der Waals surface area contributed by atoms with Crippen LogP contribution in [0.5, 0.6) is 0 Å². The van der Waals surface area contributed by atoms with Gasteiger partial charge in [0, 0.05) is 24.0 Å². The summed E-state index contributed by atoms with van der Waals surface area (Å²) in [4.78, 5) is 0.670. The lowest BCUT2D eigenvalue weighted by Crippen LogP contribution is -2.27. The van der Waals surface area contributed by atoms with E-state index in [1.165, 1.54) is 0 Å². The van der Waals surface area contributed by atoms with Gasteiger partial charge in [-0.05, 0) is 59.1 Å². The number of anilines is 1. The van der Waals surface area contributed by atoms with Crippen LogP contribution < -0.4 is 5.32 Å². The van der Waals surface area contributed by atoms with Gasteiger partial charge in [0.1, 0.15) is 22.4 Å². The molecule has 3 aromatic rings. The molecule has 6 heteroatoms. The highest BCUT2D eigenvalue weighted by Crippen LogP contribution is 2.42. The number of fused-ring (bicyclic) bond motifs is 1. The molecule has 0 spiro atoms. The molecule has 1 aliphatic rings. The van der Waals surface area contributed by atoms with Crippen LogP contribution in [0.25, 0.3) is 11.3 Å². The number of hydrogen-bond acceptors (Lipinski definition) is 4. The smallest absolute Gasteiger partial charge is 0.120 e. The fourth-order valence-corrected chi connectivity index (χ4v) is 4.29. The molecule has 1 aromatic carbocycles. The molecule has 4 rings (SSSR count). The normalized spacial score (nSPS) is 19.3. The molecule has 0 bridgehead atoms. The molecular weight excluding hydrogens is 362 g/mol. The largest absolute Gasteiger partial charge is 0.359 e. The Morgan fingerprint density at radius 2 is 2.15 bits per heavy atom. The van der Waals surface area contributed by atoms with Crippen LogP contribution in [-0.4, -0.2) is 16.2 Å². The molecule has 0 fully saturated rings. The summed E-state index contributed by atoms with van der Waals surface area (Å²) >= 11 is 7.04. The van der Waals surface area contributed by atoms with Crippen molar-refractivity contribution in [2.75, 3.05) is 11.9 Å².